The van der Waals surface area contributed by atoms with Gasteiger partial charge in [-0.15, -0.1) is 0 Å². The topological polar surface area (TPSA) is 106 Å². The maximum Gasteiger partial charge on any atom is 0.270 e. The summed E-state index contributed by atoms with van der Waals surface area (Å²) in [4.78, 5) is 26.0. The fourth-order valence-electron chi connectivity index (χ4n) is 3.41. The van der Waals surface area contributed by atoms with Gasteiger partial charge in [0.25, 0.3) is 5.91 Å². The molecule has 3 heterocycles. The number of amides is 1. The summed E-state index contributed by atoms with van der Waals surface area (Å²) in [5, 5.41) is 10.1. The summed E-state index contributed by atoms with van der Waals surface area (Å²) >= 11 is 0. The van der Waals surface area contributed by atoms with E-state index in [4.69, 9.17) is 4.74 Å². The number of carbonyl (C=O) groups is 1. The van der Waals surface area contributed by atoms with Gasteiger partial charge in [0.05, 0.1) is 18.0 Å². The van der Waals surface area contributed by atoms with E-state index in [1.165, 1.54) is 0 Å². The first kappa shape index (κ1) is 22.1. The second-order valence-corrected chi connectivity index (χ2v) is 7.74. The number of aromatic amines is 1. The van der Waals surface area contributed by atoms with E-state index in [0.717, 1.165) is 39.7 Å². The van der Waals surface area contributed by atoms with Crippen LogP contribution in [0.25, 0.3) is 11.4 Å². The van der Waals surface area contributed by atoms with Crippen molar-refractivity contribution in [1.82, 2.24) is 30.5 Å². The molecule has 1 amide bonds. The Bertz CT molecular complexity index is 1230. The first-order chi connectivity index (χ1) is 16.0. The van der Waals surface area contributed by atoms with Gasteiger partial charge in [-0.1, -0.05) is 12.1 Å². The smallest absolute Gasteiger partial charge is 0.270 e. The molecule has 0 saturated heterocycles. The quantitative estimate of drug-likeness (QED) is 0.430. The van der Waals surface area contributed by atoms with Gasteiger partial charge in [0.2, 0.25) is 0 Å². The van der Waals surface area contributed by atoms with E-state index >= 15 is 0 Å². The Balaban J connectivity index is 1.41. The summed E-state index contributed by atoms with van der Waals surface area (Å²) in [6.45, 7) is 6.87. The van der Waals surface area contributed by atoms with Crippen molar-refractivity contribution in [1.29, 1.82) is 0 Å². The van der Waals surface area contributed by atoms with Crippen LogP contribution in [0.3, 0.4) is 0 Å². The normalized spacial score (nSPS) is 10.8. The molecule has 33 heavy (non-hydrogen) atoms. The minimum Gasteiger partial charge on any atom is -0.494 e. The maximum absolute atomic E-state index is 12.5. The van der Waals surface area contributed by atoms with Crippen molar-refractivity contribution in [2.24, 2.45) is 0 Å². The predicted molar refractivity (Wildman–Crippen MR) is 125 cm³/mol. The van der Waals surface area contributed by atoms with Crippen LogP contribution in [0.1, 0.15) is 45.8 Å². The number of carbonyl (C=O) groups excluding carboxylic acids is 1. The molecule has 0 bridgehead atoms. The lowest BCUT2D eigenvalue weighted by molar-refractivity contribution is 0.0946. The molecular weight excluding hydrogens is 416 g/mol. The Kier molecular flexibility index (Phi) is 6.73. The van der Waals surface area contributed by atoms with Crippen molar-refractivity contribution in [2.75, 3.05) is 6.61 Å². The molecule has 168 valence electrons. The van der Waals surface area contributed by atoms with Gasteiger partial charge in [0.1, 0.15) is 11.4 Å². The molecule has 2 N–H and O–H groups in total. The van der Waals surface area contributed by atoms with Crippen LogP contribution in [0.15, 0.2) is 54.7 Å². The Morgan fingerprint density at radius 1 is 1.03 bits per heavy atom. The van der Waals surface area contributed by atoms with E-state index in [2.05, 4.69) is 30.5 Å². The Hall–Kier alpha value is -4.07. The van der Waals surface area contributed by atoms with Gasteiger partial charge in [0.15, 0.2) is 5.82 Å². The summed E-state index contributed by atoms with van der Waals surface area (Å²) in [5.41, 5.74) is 5.74. The number of benzene rings is 1. The highest BCUT2D eigenvalue weighted by Gasteiger charge is 2.11. The fourth-order valence-corrected chi connectivity index (χ4v) is 3.41. The standard InChI is InChI=1S/C25H26N6O2/c1-4-33-22-8-5-18(6-9-22)14-27-25(32)23-10-7-19(15-26-23)24-28-16(2)11-20(29-24)13-21-12-17(3)30-31-21/h5-12,15H,4,13-14H2,1-3H3,(H,27,32)(H,30,31). The van der Waals surface area contributed by atoms with E-state index in [9.17, 15) is 4.79 Å². The van der Waals surface area contributed by atoms with Gasteiger partial charge in [0, 0.05) is 36.1 Å². The zero-order chi connectivity index (χ0) is 23.2. The molecule has 0 radical (unpaired) electrons. The number of nitrogens with one attached hydrogen (secondary N) is 2. The molecule has 0 atom stereocenters. The van der Waals surface area contributed by atoms with E-state index in [0.29, 0.717) is 31.1 Å². The van der Waals surface area contributed by atoms with E-state index in [1.807, 2.05) is 63.2 Å². The molecule has 0 aliphatic heterocycles. The molecular formula is C25H26N6O2. The average Bonchev–Trinajstić information content (AvgIpc) is 3.22. The highest BCUT2D eigenvalue weighted by Crippen LogP contribution is 2.17. The summed E-state index contributed by atoms with van der Waals surface area (Å²) in [6.07, 6.45) is 2.24. The van der Waals surface area contributed by atoms with Crippen molar-refractivity contribution < 1.29 is 9.53 Å². The molecule has 1 aromatic carbocycles. The van der Waals surface area contributed by atoms with Crippen LogP contribution in [0.5, 0.6) is 5.75 Å². The van der Waals surface area contributed by atoms with Crippen molar-refractivity contribution in [3.63, 3.8) is 0 Å². The van der Waals surface area contributed by atoms with Crippen LogP contribution in [0, 0.1) is 13.8 Å². The average molecular weight is 443 g/mol. The van der Waals surface area contributed by atoms with Gasteiger partial charge < -0.3 is 10.1 Å². The van der Waals surface area contributed by atoms with Crippen LogP contribution in [0.2, 0.25) is 0 Å². The number of pyridine rings is 1. The molecule has 0 fully saturated rings. The molecule has 0 aliphatic rings. The lowest BCUT2D eigenvalue weighted by atomic mass is 10.1. The van der Waals surface area contributed by atoms with Crippen LogP contribution in [-0.2, 0) is 13.0 Å². The third-order valence-electron chi connectivity index (χ3n) is 4.97. The lowest BCUT2D eigenvalue weighted by Gasteiger charge is -2.08. The Labute approximate surface area is 192 Å². The van der Waals surface area contributed by atoms with Gasteiger partial charge in [-0.05, 0) is 62.7 Å². The number of ether oxygens (including phenoxy) is 1. The van der Waals surface area contributed by atoms with Crippen molar-refractivity contribution in [2.45, 2.75) is 33.7 Å². The zero-order valence-corrected chi connectivity index (χ0v) is 18.9. The maximum atomic E-state index is 12.5. The van der Waals surface area contributed by atoms with Crippen molar-refractivity contribution in [3.8, 4) is 17.1 Å². The molecule has 8 heteroatoms. The molecule has 8 nitrogen and oxygen atoms in total. The third kappa shape index (κ3) is 5.79. The number of hydrogen-bond acceptors (Lipinski definition) is 6. The van der Waals surface area contributed by atoms with Crippen molar-refractivity contribution >= 4 is 5.91 Å². The SMILES string of the molecule is CCOc1ccc(CNC(=O)c2ccc(-c3nc(C)cc(Cc4cc(C)[nH]n4)n3)cn2)cc1. The number of rotatable bonds is 8. The molecule has 4 aromatic rings. The van der Waals surface area contributed by atoms with Gasteiger partial charge in [-0.2, -0.15) is 5.10 Å². The Morgan fingerprint density at radius 3 is 2.52 bits per heavy atom. The summed E-state index contributed by atoms with van der Waals surface area (Å²) in [5.74, 6) is 1.15. The third-order valence-corrected chi connectivity index (χ3v) is 4.97. The first-order valence-electron chi connectivity index (χ1n) is 10.8. The monoisotopic (exact) mass is 442 g/mol. The second-order valence-electron chi connectivity index (χ2n) is 7.74. The number of aryl methyl sites for hydroxylation is 2. The lowest BCUT2D eigenvalue weighted by Crippen LogP contribution is -2.23. The highest BCUT2D eigenvalue weighted by molar-refractivity contribution is 5.92. The molecule has 4 rings (SSSR count). The second kappa shape index (κ2) is 10.0. The minimum atomic E-state index is -0.241. The fraction of sp³-hybridized carbons (Fsp3) is 0.240. The summed E-state index contributed by atoms with van der Waals surface area (Å²) in [6, 6.07) is 15.1. The van der Waals surface area contributed by atoms with Gasteiger partial charge in [-0.3, -0.25) is 14.9 Å². The molecule has 0 unspecified atom stereocenters. The largest absolute Gasteiger partial charge is 0.494 e. The molecule has 0 aliphatic carbocycles. The van der Waals surface area contributed by atoms with E-state index in [-0.39, 0.29) is 5.91 Å². The van der Waals surface area contributed by atoms with Gasteiger partial charge >= 0.3 is 0 Å². The minimum absolute atomic E-state index is 0.241. The number of hydrogen-bond donors (Lipinski definition) is 2. The summed E-state index contributed by atoms with van der Waals surface area (Å²) < 4.78 is 5.44. The highest BCUT2D eigenvalue weighted by atomic mass is 16.5. The van der Waals surface area contributed by atoms with Crippen molar-refractivity contribution in [3.05, 3.63) is 88.8 Å². The van der Waals surface area contributed by atoms with E-state index < -0.39 is 0 Å². The van der Waals surface area contributed by atoms with Gasteiger partial charge in [-0.25, -0.2) is 9.97 Å². The number of nitrogens with zero attached hydrogens (tertiary/aromatic N) is 4. The molecule has 0 spiro atoms. The van der Waals surface area contributed by atoms with Crippen LogP contribution < -0.4 is 10.1 Å². The van der Waals surface area contributed by atoms with Crippen LogP contribution >= 0.6 is 0 Å². The Morgan fingerprint density at radius 2 is 1.85 bits per heavy atom. The molecule has 3 aromatic heterocycles. The van der Waals surface area contributed by atoms with Crippen LogP contribution in [0.4, 0.5) is 0 Å². The van der Waals surface area contributed by atoms with Crippen LogP contribution in [-0.4, -0.2) is 37.7 Å². The number of aromatic nitrogens is 5. The number of H-pyrrole nitrogens is 1. The molecule has 0 saturated carbocycles. The predicted octanol–water partition coefficient (Wildman–Crippen LogP) is 3.80. The zero-order valence-electron chi connectivity index (χ0n) is 18.9. The summed E-state index contributed by atoms with van der Waals surface area (Å²) in [7, 11) is 0. The van der Waals surface area contributed by atoms with E-state index in [1.54, 1.807) is 12.3 Å². The first-order valence-corrected chi connectivity index (χ1v) is 10.8.